The largest absolute Gasteiger partial charge is 0.356 e. The maximum atomic E-state index is 4.76. The second-order valence-corrected chi connectivity index (χ2v) is 10.2. The number of thiophene rings is 1. The van der Waals surface area contributed by atoms with E-state index in [1.165, 1.54) is 61.8 Å². The molecule has 0 amide bonds. The zero-order chi connectivity index (χ0) is 21.2. The van der Waals surface area contributed by atoms with Crippen LogP contribution in [-0.2, 0) is 0 Å². The van der Waals surface area contributed by atoms with Gasteiger partial charge in [0.25, 0.3) is 0 Å². The number of anilines is 1. The van der Waals surface area contributed by atoms with E-state index in [9.17, 15) is 0 Å². The van der Waals surface area contributed by atoms with Crippen LogP contribution in [0.15, 0.2) is 42.0 Å². The Labute approximate surface area is 189 Å². The Balaban J connectivity index is 1.28. The van der Waals surface area contributed by atoms with E-state index >= 15 is 0 Å². The predicted molar refractivity (Wildman–Crippen MR) is 131 cm³/mol. The van der Waals surface area contributed by atoms with Crippen LogP contribution in [0.4, 0.5) is 5.82 Å². The molecule has 1 atom stereocenters. The number of likely N-dealkylation sites (tertiary alicyclic amines) is 1. The SMILES string of the molecule is CN(C)C1CCCN(CC2CCN(c3ncnc4scc(-c5ccccc5)c34)CC2)C1. The summed E-state index contributed by atoms with van der Waals surface area (Å²) in [6, 6.07) is 11.4. The van der Waals surface area contributed by atoms with Crippen molar-refractivity contribution in [3.63, 3.8) is 0 Å². The smallest absolute Gasteiger partial charge is 0.141 e. The lowest BCUT2D eigenvalue weighted by molar-refractivity contribution is 0.113. The number of hydrogen-bond acceptors (Lipinski definition) is 6. The summed E-state index contributed by atoms with van der Waals surface area (Å²) >= 11 is 1.72. The number of fused-ring (bicyclic) bond motifs is 1. The Morgan fingerprint density at radius 1 is 1.03 bits per heavy atom. The van der Waals surface area contributed by atoms with Crippen LogP contribution in [0.25, 0.3) is 21.3 Å². The third kappa shape index (κ3) is 4.47. The lowest BCUT2D eigenvalue weighted by atomic mass is 9.94. The molecule has 0 radical (unpaired) electrons. The van der Waals surface area contributed by atoms with Gasteiger partial charge in [0.1, 0.15) is 17.0 Å². The molecule has 0 aliphatic carbocycles. The summed E-state index contributed by atoms with van der Waals surface area (Å²) in [4.78, 5) is 18.0. The fourth-order valence-electron chi connectivity index (χ4n) is 5.24. The molecule has 2 saturated heterocycles. The van der Waals surface area contributed by atoms with E-state index in [-0.39, 0.29) is 0 Å². The summed E-state index contributed by atoms with van der Waals surface area (Å²) in [5, 5.41) is 3.46. The van der Waals surface area contributed by atoms with Crippen LogP contribution in [0.3, 0.4) is 0 Å². The number of hydrogen-bond donors (Lipinski definition) is 0. The molecule has 164 valence electrons. The first kappa shape index (κ1) is 20.9. The van der Waals surface area contributed by atoms with Gasteiger partial charge in [0.05, 0.1) is 5.39 Å². The fourth-order valence-corrected chi connectivity index (χ4v) is 6.15. The minimum atomic E-state index is 0.721. The molecule has 0 saturated carbocycles. The van der Waals surface area contributed by atoms with Gasteiger partial charge >= 0.3 is 0 Å². The van der Waals surface area contributed by atoms with Crippen molar-refractivity contribution in [3.05, 3.63) is 42.0 Å². The average Bonchev–Trinajstić information content (AvgIpc) is 3.25. The van der Waals surface area contributed by atoms with Crippen molar-refractivity contribution in [2.45, 2.75) is 31.7 Å². The monoisotopic (exact) mass is 435 g/mol. The van der Waals surface area contributed by atoms with E-state index in [1.807, 2.05) is 0 Å². The highest BCUT2D eigenvalue weighted by Gasteiger charge is 2.27. The molecule has 0 bridgehead atoms. The second-order valence-electron chi connectivity index (χ2n) is 9.34. The summed E-state index contributed by atoms with van der Waals surface area (Å²) in [5.74, 6) is 1.92. The third-order valence-electron chi connectivity index (χ3n) is 7.08. The maximum absolute atomic E-state index is 4.76. The van der Waals surface area contributed by atoms with Gasteiger partial charge in [-0.25, -0.2) is 9.97 Å². The maximum Gasteiger partial charge on any atom is 0.141 e. The molecule has 2 aliphatic rings. The minimum absolute atomic E-state index is 0.721. The molecule has 5 nitrogen and oxygen atoms in total. The number of aromatic nitrogens is 2. The van der Waals surface area contributed by atoms with Crippen molar-refractivity contribution < 1.29 is 0 Å². The Bertz CT molecular complexity index is 994. The average molecular weight is 436 g/mol. The van der Waals surface area contributed by atoms with Crippen molar-refractivity contribution in [2.24, 2.45) is 5.92 Å². The minimum Gasteiger partial charge on any atom is -0.356 e. The summed E-state index contributed by atoms with van der Waals surface area (Å²) in [5.41, 5.74) is 2.52. The Hall–Kier alpha value is -2.02. The van der Waals surface area contributed by atoms with Crippen molar-refractivity contribution in [3.8, 4) is 11.1 Å². The molecular weight excluding hydrogens is 402 g/mol. The molecule has 3 aromatic rings. The number of benzene rings is 1. The van der Waals surface area contributed by atoms with Crippen LogP contribution in [-0.4, -0.2) is 72.6 Å². The Morgan fingerprint density at radius 3 is 2.61 bits per heavy atom. The van der Waals surface area contributed by atoms with Gasteiger partial charge in [-0.05, 0) is 57.8 Å². The molecule has 4 heterocycles. The van der Waals surface area contributed by atoms with Crippen LogP contribution in [0.5, 0.6) is 0 Å². The summed E-state index contributed by atoms with van der Waals surface area (Å²) in [7, 11) is 4.45. The van der Waals surface area contributed by atoms with Crippen LogP contribution in [0, 0.1) is 5.92 Å². The first-order chi connectivity index (χ1) is 15.2. The lowest BCUT2D eigenvalue weighted by Gasteiger charge is -2.40. The first-order valence-electron chi connectivity index (χ1n) is 11.6. The molecule has 6 heteroatoms. The molecule has 0 N–H and O–H groups in total. The van der Waals surface area contributed by atoms with Gasteiger partial charge in [0.15, 0.2) is 0 Å². The number of rotatable bonds is 5. The molecule has 2 aliphatic heterocycles. The van der Waals surface area contributed by atoms with Crippen LogP contribution < -0.4 is 4.90 Å². The van der Waals surface area contributed by atoms with Gasteiger partial charge in [-0.3, -0.25) is 0 Å². The quantitative estimate of drug-likeness (QED) is 0.585. The number of nitrogens with zero attached hydrogens (tertiary/aromatic N) is 5. The van der Waals surface area contributed by atoms with Gasteiger partial charge in [-0.15, -0.1) is 11.3 Å². The van der Waals surface area contributed by atoms with Crippen molar-refractivity contribution >= 4 is 27.4 Å². The van der Waals surface area contributed by atoms with Crippen LogP contribution in [0.2, 0.25) is 0 Å². The van der Waals surface area contributed by atoms with E-state index < -0.39 is 0 Å². The van der Waals surface area contributed by atoms with Gasteiger partial charge < -0.3 is 14.7 Å². The van der Waals surface area contributed by atoms with E-state index in [0.29, 0.717) is 0 Å². The van der Waals surface area contributed by atoms with Crippen LogP contribution in [0.1, 0.15) is 25.7 Å². The zero-order valence-electron chi connectivity index (χ0n) is 18.7. The van der Waals surface area contributed by atoms with E-state index in [4.69, 9.17) is 4.98 Å². The molecule has 2 aromatic heterocycles. The van der Waals surface area contributed by atoms with Gasteiger partial charge in [-0.1, -0.05) is 30.3 Å². The highest BCUT2D eigenvalue weighted by molar-refractivity contribution is 7.17. The highest BCUT2D eigenvalue weighted by atomic mass is 32.1. The number of likely N-dealkylation sites (N-methyl/N-ethyl adjacent to an activating group) is 1. The zero-order valence-corrected chi connectivity index (χ0v) is 19.5. The van der Waals surface area contributed by atoms with E-state index in [2.05, 4.69) is 69.5 Å². The van der Waals surface area contributed by atoms with Crippen molar-refractivity contribution in [2.75, 3.05) is 51.7 Å². The molecular formula is C25H33N5S. The van der Waals surface area contributed by atoms with Crippen molar-refractivity contribution in [1.29, 1.82) is 0 Å². The summed E-state index contributed by atoms with van der Waals surface area (Å²) in [6.07, 6.45) is 6.92. The van der Waals surface area contributed by atoms with Crippen LogP contribution >= 0.6 is 11.3 Å². The summed E-state index contributed by atoms with van der Waals surface area (Å²) < 4.78 is 0. The molecule has 1 aromatic carbocycles. The van der Waals surface area contributed by atoms with Gasteiger partial charge in [-0.2, -0.15) is 0 Å². The van der Waals surface area contributed by atoms with Crippen molar-refractivity contribution in [1.82, 2.24) is 19.8 Å². The normalized spacial score (nSPS) is 21.3. The topological polar surface area (TPSA) is 35.5 Å². The molecule has 1 unspecified atom stereocenters. The van der Waals surface area contributed by atoms with Gasteiger partial charge in [0.2, 0.25) is 0 Å². The molecule has 31 heavy (non-hydrogen) atoms. The summed E-state index contributed by atoms with van der Waals surface area (Å²) in [6.45, 7) is 5.93. The Kier molecular flexibility index (Phi) is 6.21. The first-order valence-corrected chi connectivity index (χ1v) is 12.5. The van der Waals surface area contributed by atoms with E-state index in [1.54, 1.807) is 17.7 Å². The molecule has 0 spiro atoms. The second kappa shape index (κ2) is 9.23. The fraction of sp³-hybridized carbons (Fsp3) is 0.520. The Morgan fingerprint density at radius 2 is 1.84 bits per heavy atom. The van der Waals surface area contributed by atoms with Gasteiger partial charge in [0, 0.05) is 43.2 Å². The number of piperidine rings is 2. The standard InChI is InChI=1S/C25H33N5S/c1-28(2)21-9-6-12-29(16-21)15-19-10-13-30(14-11-19)24-23-22(20-7-4-3-5-8-20)17-31-25(23)27-18-26-24/h3-5,7-8,17-19,21H,6,9-16H2,1-2H3. The lowest BCUT2D eigenvalue weighted by Crippen LogP contribution is -2.47. The van der Waals surface area contributed by atoms with E-state index in [0.717, 1.165) is 35.7 Å². The highest BCUT2D eigenvalue weighted by Crippen LogP contribution is 2.38. The predicted octanol–water partition coefficient (Wildman–Crippen LogP) is 4.60. The molecule has 5 rings (SSSR count). The molecule has 2 fully saturated rings. The third-order valence-corrected chi connectivity index (χ3v) is 7.96.